The van der Waals surface area contributed by atoms with Gasteiger partial charge in [-0.25, -0.2) is 0 Å². The van der Waals surface area contributed by atoms with Gasteiger partial charge in [0, 0.05) is 45.2 Å². The summed E-state index contributed by atoms with van der Waals surface area (Å²) in [6, 6.07) is 5.17. The van der Waals surface area contributed by atoms with Crippen molar-refractivity contribution in [3.8, 4) is 0 Å². The van der Waals surface area contributed by atoms with E-state index in [0.29, 0.717) is 43.7 Å². The minimum absolute atomic E-state index is 0.139. The summed E-state index contributed by atoms with van der Waals surface area (Å²) >= 11 is 0. The summed E-state index contributed by atoms with van der Waals surface area (Å²) in [7, 11) is 1.70. The lowest BCUT2D eigenvalue weighted by Crippen LogP contribution is -2.47. The molecule has 1 amide bonds. The Balaban J connectivity index is 1.74. The van der Waals surface area contributed by atoms with E-state index in [9.17, 15) is 9.90 Å². The summed E-state index contributed by atoms with van der Waals surface area (Å²) in [5.41, 5.74) is 1.05. The van der Waals surface area contributed by atoms with Crippen LogP contribution in [-0.2, 0) is 4.74 Å². The Kier molecular flexibility index (Phi) is 3.60. The van der Waals surface area contributed by atoms with Crippen LogP contribution in [0.25, 0.3) is 11.0 Å². The molecule has 2 heterocycles. The number of hydrogen-bond acceptors (Lipinski definition) is 5. The highest BCUT2D eigenvalue weighted by atomic mass is 16.5. The van der Waals surface area contributed by atoms with Gasteiger partial charge in [0.05, 0.1) is 5.60 Å². The maximum absolute atomic E-state index is 12.5. The number of nitrogens with one attached hydrogen (secondary N) is 1. The molecule has 7 heteroatoms. The molecular weight excluding hydrogens is 272 g/mol. The summed E-state index contributed by atoms with van der Waals surface area (Å²) in [6.07, 6.45) is 1.10. The Hall–Kier alpha value is -1.99. The maximum Gasteiger partial charge on any atom is 0.253 e. The van der Waals surface area contributed by atoms with Gasteiger partial charge in [-0.05, 0) is 18.2 Å². The minimum atomic E-state index is -0.860. The van der Waals surface area contributed by atoms with Gasteiger partial charge in [0.15, 0.2) is 0 Å². The van der Waals surface area contributed by atoms with Crippen LogP contribution in [0.4, 0.5) is 0 Å². The highest BCUT2D eigenvalue weighted by molar-refractivity contribution is 5.97. The molecule has 21 heavy (non-hydrogen) atoms. The van der Waals surface area contributed by atoms with Crippen molar-refractivity contribution in [3.63, 3.8) is 0 Å². The number of aliphatic hydroxyl groups is 1. The van der Waals surface area contributed by atoms with Crippen molar-refractivity contribution >= 4 is 16.9 Å². The van der Waals surface area contributed by atoms with Crippen LogP contribution in [0.15, 0.2) is 18.2 Å². The molecule has 0 atom stereocenters. The van der Waals surface area contributed by atoms with E-state index in [-0.39, 0.29) is 5.91 Å². The first-order chi connectivity index (χ1) is 10.1. The Morgan fingerprint density at radius 3 is 2.86 bits per heavy atom. The van der Waals surface area contributed by atoms with Gasteiger partial charge in [-0.15, -0.1) is 0 Å². The molecule has 1 aliphatic rings. The van der Waals surface area contributed by atoms with Gasteiger partial charge in [-0.3, -0.25) is 4.79 Å². The molecule has 0 radical (unpaired) electrons. The third-order valence-corrected chi connectivity index (χ3v) is 3.86. The fourth-order valence-electron chi connectivity index (χ4n) is 2.62. The number of fused-ring (bicyclic) bond motifs is 1. The topological polar surface area (TPSA) is 91.3 Å². The zero-order valence-corrected chi connectivity index (χ0v) is 11.9. The number of ether oxygens (including phenoxy) is 1. The summed E-state index contributed by atoms with van der Waals surface area (Å²) in [5, 5.41) is 20.9. The molecule has 0 spiro atoms. The van der Waals surface area contributed by atoms with Gasteiger partial charge in [-0.1, -0.05) is 0 Å². The number of aromatic amines is 1. The van der Waals surface area contributed by atoms with Crippen molar-refractivity contribution in [1.29, 1.82) is 0 Å². The Labute approximate surface area is 121 Å². The number of carbonyl (C=O) groups excluding carboxylic acids is 1. The zero-order valence-electron chi connectivity index (χ0n) is 11.9. The summed E-state index contributed by atoms with van der Waals surface area (Å²) in [4.78, 5) is 14.0. The number of likely N-dealkylation sites (N-methyl/N-ethyl adjacent to an activating group) is 1. The van der Waals surface area contributed by atoms with Crippen molar-refractivity contribution in [2.75, 3.05) is 26.8 Å². The number of nitrogens with zero attached hydrogens (tertiary/aromatic N) is 3. The first-order valence-electron chi connectivity index (χ1n) is 6.94. The number of aromatic nitrogens is 3. The largest absolute Gasteiger partial charge is 0.388 e. The number of carbonyl (C=O) groups is 1. The first-order valence-corrected chi connectivity index (χ1v) is 6.94. The van der Waals surface area contributed by atoms with Crippen molar-refractivity contribution in [2.45, 2.75) is 18.4 Å². The Bertz CT molecular complexity index is 648. The summed E-state index contributed by atoms with van der Waals surface area (Å²) in [6.45, 7) is 1.36. The molecule has 112 valence electrons. The average molecular weight is 290 g/mol. The second kappa shape index (κ2) is 5.42. The van der Waals surface area contributed by atoms with Crippen LogP contribution in [0.3, 0.4) is 0 Å². The third kappa shape index (κ3) is 2.88. The van der Waals surface area contributed by atoms with E-state index in [4.69, 9.17) is 4.74 Å². The molecule has 1 aliphatic heterocycles. The standard InChI is InChI=1S/C14H18N4O3/c1-18(9-14(20)4-6-21-7-5-14)13(19)10-2-3-11-12(8-10)16-17-15-11/h2-3,8,20H,4-7,9H2,1H3,(H,15,16,17). The molecule has 2 aromatic rings. The first kappa shape index (κ1) is 14.0. The van der Waals surface area contributed by atoms with E-state index < -0.39 is 5.60 Å². The zero-order chi connectivity index (χ0) is 14.9. The van der Waals surface area contributed by atoms with Gasteiger partial charge in [0.1, 0.15) is 11.0 Å². The SMILES string of the molecule is CN(CC1(O)CCOCC1)C(=O)c1ccc2n[nH]nc2c1. The molecule has 1 aromatic carbocycles. The van der Waals surface area contributed by atoms with Crippen molar-refractivity contribution in [2.24, 2.45) is 0 Å². The van der Waals surface area contributed by atoms with Gasteiger partial charge in [0.2, 0.25) is 0 Å². The van der Waals surface area contributed by atoms with E-state index in [2.05, 4.69) is 15.4 Å². The van der Waals surface area contributed by atoms with Crippen LogP contribution in [0.1, 0.15) is 23.2 Å². The number of H-pyrrole nitrogens is 1. The average Bonchev–Trinajstić information content (AvgIpc) is 2.94. The lowest BCUT2D eigenvalue weighted by Gasteiger charge is -2.35. The second-order valence-corrected chi connectivity index (χ2v) is 5.53. The van der Waals surface area contributed by atoms with Crippen LogP contribution in [0.5, 0.6) is 0 Å². The molecule has 1 saturated heterocycles. The smallest absolute Gasteiger partial charge is 0.253 e. The van der Waals surface area contributed by atoms with Crippen molar-refractivity contribution in [3.05, 3.63) is 23.8 Å². The van der Waals surface area contributed by atoms with Crippen LogP contribution < -0.4 is 0 Å². The minimum Gasteiger partial charge on any atom is -0.388 e. The number of benzene rings is 1. The molecule has 0 bridgehead atoms. The van der Waals surface area contributed by atoms with Crippen LogP contribution >= 0.6 is 0 Å². The summed E-state index contributed by atoms with van der Waals surface area (Å²) < 4.78 is 5.25. The van der Waals surface area contributed by atoms with E-state index >= 15 is 0 Å². The summed E-state index contributed by atoms with van der Waals surface area (Å²) in [5.74, 6) is -0.139. The molecule has 0 unspecified atom stereocenters. The fourth-order valence-corrected chi connectivity index (χ4v) is 2.62. The lowest BCUT2D eigenvalue weighted by molar-refractivity contribution is -0.0734. The molecule has 3 rings (SSSR count). The fraction of sp³-hybridized carbons (Fsp3) is 0.500. The van der Waals surface area contributed by atoms with Gasteiger partial charge < -0.3 is 14.7 Å². The van der Waals surface area contributed by atoms with E-state index in [1.54, 1.807) is 30.1 Å². The normalized spacial score (nSPS) is 17.8. The molecule has 1 aromatic heterocycles. The monoisotopic (exact) mass is 290 g/mol. The highest BCUT2D eigenvalue weighted by Gasteiger charge is 2.32. The van der Waals surface area contributed by atoms with Gasteiger partial charge in [0.25, 0.3) is 5.91 Å². The molecule has 0 saturated carbocycles. The second-order valence-electron chi connectivity index (χ2n) is 5.53. The Morgan fingerprint density at radius 1 is 1.38 bits per heavy atom. The number of amides is 1. The van der Waals surface area contributed by atoms with Crippen LogP contribution in [0, 0.1) is 0 Å². The molecule has 1 fully saturated rings. The molecule has 7 nitrogen and oxygen atoms in total. The van der Waals surface area contributed by atoms with Crippen LogP contribution in [0.2, 0.25) is 0 Å². The number of hydrogen-bond donors (Lipinski definition) is 2. The molecule has 0 aliphatic carbocycles. The van der Waals surface area contributed by atoms with E-state index in [1.807, 2.05) is 0 Å². The van der Waals surface area contributed by atoms with E-state index in [1.165, 1.54) is 0 Å². The third-order valence-electron chi connectivity index (χ3n) is 3.86. The Morgan fingerprint density at radius 2 is 2.10 bits per heavy atom. The predicted molar refractivity (Wildman–Crippen MR) is 75.9 cm³/mol. The highest BCUT2D eigenvalue weighted by Crippen LogP contribution is 2.22. The number of rotatable bonds is 3. The lowest BCUT2D eigenvalue weighted by atomic mass is 9.93. The van der Waals surface area contributed by atoms with Crippen molar-refractivity contribution in [1.82, 2.24) is 20.3 Å². The van der Waals surface area contributed by atoms with Gasteiger partial charge in [-0.2, -0.15) is 15.4 Å². The maximum atomic E-state index is 12.5. The van der Waals surface area contributed by atoms with Crippen molar-refractivity contribution < 1.29 is 14.6 Å². The van der Waals surface area contributed by atoms with Gasteiger partial charge >= 0.3 is 0 Å². The molecule has 2 N–H and O–H groups in total. The van der Waals surface area contributed by atoms with E-state index in [0.717, 1.165) is 5.52 Å². The molecular formula is C14H18N4O3. The van der Waals surface area contributed by atoms with Crippen LogP contribution in [-0.4, -0.2) is 63.7 Å². The predicted octanol–water partition coefficient (Wildman–Crippen LogP) is 0.571. The quantitative estimate of drug-likeness (QED) is 0.862.